The lowest BCUT2D eigenvalue weighted by Crippen LogP contribution is -2.34. The molecule has 7 nitrogen and oxygen atoms in total. The summed E-state index contributed by atoms with van der Waals surface area (Å²) in [6.07, 6.45) is 4.69. The van der Waals surface area contributed by atoms with E-state index in [1.807, 2.05) is 6.07 Å². The summed E-state index contributed by atoms with van der Waals surface area (Å²) in [5.74, 6) is 0.498. The minimum atomic E-state index is -0.561. The van der Waals surface area contributed by atoms with Crippen molar-refractivity contribution in [2.45, 2.75) is 0 Å². The zero-order chi connectivity index (χ0) is 17.6. The second kappa shape index (κ2) is 5.82. The summed E-state index contributed by atoms with van der Waals surface area (Å²) in [6.45, 7) is 0. The van der Waals surface area contributed by atoms with E-state index < -0.39 is 11.2 Å². The van der Waals surface area contributed by atoms with Crippen LogP contribution in [-0.2, 0) is 0 Å². The van der Waals surface area contributed by atoms with Gasteiger partial charge in [0.25, 0.3) is 5.56 Å². The number of H-pyrrole nitrogens is 1. The molecule has 0 amide bonds. The van der Waals surface area contributed by atoms with Crippen LogP contribution in [0.2, 0.25) is 0 Å². The van der Waals surface area contributed by atoms with Crippen molar-refractivity contribution in [2.75, 3.05) is 7.11 Å². The molecule has 3 heterocycles. The van der Waals surface area contributed by atoms with Crippen LogP contribution in [0, 0.1) is 0 Å². The molecule has 0 saturated heterocycles. The van der Waals surface area contributed by atoms with E-state index in [0.717, 1.165) is 9.95 Å². The van der Waals surface area contributed by atoms with Gasteiger partial charge < -0.3 is 9.72 Å². The highest BCUT2D eigenvalue weighted by Crippen LogP contribution is 2.28. The number of methoxy groups -OCH3 is 1. The lowest BCUT2D eigenvalue weighted by Gasteiger charge is -2.10. The molecule has 4 aromatic rings. The molecule has 0 atom stereocenters. The molecule has 1 N–H and O–H groups in total. The van der Waals surface area contributed by atoms with Crippen molar-refractivity contribution < 1.29 is 4.74 Å². The molecule has 25 heavy (non-hydrogen) atoms. The minimum Gasteiger partial charge on any atom is -0.496 e. The van der Waals surface area contributed by atoms with Crippen LogP contribution in [0.15, 0.2) is 56.9 Å². The van der Waals surface area contributed by atoms with Gasteiger partial charge in [-0.25, -0.2) is 9.36 Å². The van der Waals surface area contributed by atoms with Crippen molar-refractivity contribution in [1.82, 2.24) is 19.5 Å². The second-order valence-electron chi connectivity index (χ2n) is 5.34. The highest BCUT2D eigenvalue weighted by molar-refractivity contribution is 9.10. The van der Waals surface area contributed by atoms with Crippen LogP contribution >= 0.6 is 15.9 Å². The summed E-state index contributed by atoms with van der Waals surface area (Å²) in [4.78, 5) is 36.7. The fourth-order valence-electron chi connectivity index (χ4n) is 2.74. The summed E-state index contributed by atoms with van der Waals surface area (Å²) in [7, 11) is 1.51. The largest absolute Gasteiger partial charge is 0.496 e. The Labute approximate surface area is 149 Å². The van der Waals surface area contributed by atoms with E-state index in [-0.39, 0.29) is 0 Å². The summed E-state index contributed by atoms with van der Waals surface area (Å²) >= 11 is 3.35. The van der Waals surface area contributed by atoms with Crippen molar-refractivity contribution in [1.29, 1.82) is 0 Å². The van der Waals surface area contributed by atoms with E-state index in [0.29, 0.717) is 32.3 Å². The third kappa shape index (κ3) is 2.42. The fourth-order valence-corrected chi connectivity index (χ4v) is 3.25. The van der Waals surface area contributed by atoms with Crippen LogP contribution in [0.25, 0.3) is 27.5 Å². The first-order valence-electron chi connectivity index (χ1n) is 7.32. The first-order chi connectivity index (χ1) is 12.1. The van der Waals surface area contributed by atoms with Gasteiger partial charge in [-0.3, -0.25) is 14.8 Å². The molecule has 0 unspecified atom stereocenters. The number of ether oxygens (including phenoxy) is 1. The standard InChI is InChI=1S/C17H11BrN4O3/c1-25-14-5-10-12(6-11(14)18)21-17(24)22(16(10)23)13-8-19-7-9-3-2-4-20-15(9)13/h2-8H,1H3,(H,21,24). The predicted molar refractivity (Wildman–Crippen MR) is 97.5 cm³/mol. The van der Waals surface area contributed by atoms with E-state index in [1.165, 1.54) is 13.3 Å². The molecule has 3 aromatic heterocycles. The number of aromatic amines is 1. The lowest BCUT2D eigenvalue weighted by atomic mass is 10.2. The number of nitrogens with zero attached hydrogens (tertiary/aromatic N) is 3. The number of rotatable bonds is 2. The van der Waals surface area contributed by atoms with Crippen LogP contribution in [-0.4, -0.2) is 26.6 Å². The van der Waals surface area contributed by atoms with Gasteiger partial charge in [0.1, 0.15) is 5.75 Å². The molecule has 0 fully saturated rings. The van der Waals surface area contributed by atoms with Crippen LogP contribution in [0.5, 0.6) is 5.75 Å². The number of nitrogens with one attached hydrogen (secondary N) is 1. The van der Waals surface area contributed by atoms with Crippen LogP contribution < -0.4 is 16.0 Å². The van der Waals surface area contributed by atoms with Gasteiger partial charge in [-0.1, -0.05) is 0 Å². The van der Waals surface area contributed by atoms with Gasteiger partial charge in [0.15, 0.2) is 0 Å². The Kier molecular flexibility index (Phi) is 3.61. The first-order valence-corrected chi connectivity index (χ1v) is 8.11. The van der Waals surface area contributed by atoms with Crippen LogP contribution in [0.1, 0.15) is 0 Å². The number of hydrogen-bond donors (Lipinski definition) is 1. The Bertz CT molecular complexity index is 1240. The number of aromatic nitrogens is 4. The smallest absolute Gasteiger partial charge is 0.333 e. The maximum atomic E-state index is 13.0. The van der Waals surface area contributed by atoms with Crippen molar-refractivity contribution in [2.24, 2.45) is 0 Å². The normalized spacial score (nSPS) is 11.1. The van der Waals surface area contributed by atoms with Gasteiger partial charge in [0.05, 0.1) is 39.9 Å². The minimum absolute atomic E-state index is 0.326. The third-order valence-electron chi connectivity index (χ3n) is 3.90. The van der Waals surface area contributed by atoms with Crippen molar-refractivity contribution >= 4 is 37.7 Å². The molecule has 4 rings (SSSR count). The maximum absolute atomic E-state index is 13.0. The first kappa shape index (κ1) is 15.5. The summed E-state index contributed by atoms with van der Waals surface area (Å²) in [6, 6.07) is 6.81. The molecule has 8 heteroatoms. The van der Waals surface area contributed by atoms with E-state index in [1.54, 1.807) is 30.6 Å². The number of hydrogen-bond acceptors (Lipinski definition) is 5. The van der Waals surface area contributed by atoms with Gasteiger partial charge in [0.2, 0.25) is 0 Å². The number of halogens is 1. The molecular formula is C17H11BrN4O3. The van der Waals surface area contributed by atoms with Crippen LogP contribution in [0.3, 0.4) is 0 Å². The maximum Gasteiger partial charge on any atom is 0.333 e. The monoisotopic (exact) mass is 398 g/mol. The summed E-state index contributed by atoms with van der Waals surface area (Å²) in [5, 5.41) is 1.06. The van der Waals surface area contributed by atoms with Gasteiger partial charge in [-0.15, -0.1) is 0 Å². The molecule has 0 aliphatic carbocycles. The molecule has 0 saturated carbocycles. The van der Waals surface area contributed by atoms with E-state index >= 15 is 0 Å². The van der Waals surface area contributed by atoms with Crippen LogP contribution in [0.4, 0.5) is 0 Å². The topological polar surface area (TPSA) is 89.9 Å². The summed E-state index contributed by atoms with van der Waals surface area (Å²) in [5.41, 5.74) is 0.237. The van der Waals surface area contributed by atoms with Gasteiger partial charge in [-0.05, 0) is 40.2 Å². The van der Waals surface area contributed by atoms with Gasteiger partial charge in [-0.2, -0.15) is 0 Å². The van der Waals surface area contributed by atoms with Crippen molar-refractivity contribution in [3.63, 3.8) is 0 Å². The third-order valence-corrected chi connectivity index (χ3v) is 4.52. The Balaban J connectivity index is 2.13. The van der Waals surface area contributed by atoms with Gasteiger partial charge >= 0.3 is 5.69 Å². The average Bonchev–Trinajstić information content (AvgIpc) is 2.61. The quantitative estimate of drug-likeness (QED) is 0.559. The summed E-state index contributed by atoms with van der Waals surface area (Å²) < 4.78 is 6.92. The molecule has 0 spiro atoms. The number of benzene rings is 1. The molecule has 0 aliphatic rings. The Morgan fingerprint density at radius 2 is 2.08 bits per heavy atom. The number of fused-ring (bicyclic) bond motifs is 2. The highest BCUT2D eigenvalue weighted by atomic mass is 79.9. The molecular weight excluding hydrogens is 388 g/mol. The molecule has 0 radical (unpaired) electrons. The van der Waals surface area contributed by atoms with Gasteiger partial charge in [0, 0.05) is 17.8 Å². The predicted octanol–water partition coefficient (Wildman–Crippen LogP) is 2.39. The van der Waals surface area contributed by atoms with E-state index in [4.69, 9.17) is 4.74 Å². The van der Waals surface area contributed by atoms with E-state index in [9.17, 15) is 9.59 Å². The van der Waals surface area contributed by atoms with E-state index in [2.05, 4.69) is 30.9 Å². The van der Waals surface area contributed by atoms with Crippen molar-refractivity contribution in [3.05, 3.63) is 68.2 Å². The SMILES string of the molecule is COc1cc2c(=O)n(-c3cncc4cccnc34)c(=O)[nH]c2cc1Br. The molecule has 124 valence electrons. The Morgan fingerprint density at radius 3 is 2.88 bits per heavy atom. The zero-order valence-electron chi connectivity index (χ0n) is 13.0. The molecule has 0 aliphatic heterocycles. The van der Waals surface area contributed by atoms with Crippen molar-refractivity contribution in [3.8, 4) is 11.4 Å². The fraction of sp³-hybridized carbons (Fsp3) is 0.0588. The second-order valence-corrected chi connectivity index (χ2v) is 6.19. The molecule has 0 bridgehead atoms. The average molecular weight is 399 g/mol. The zero-order valence-corrected chi connectivity index (χ0v) is 14.6. The Hall–Kier alpha value is -3.00. The lowest BCUT2D eigenvalue weighted by molar-refractivity contribution is 0.412. The number of pyridine rings is 2. The molecule has 1 aromatic carbocycles. The Morgan fingerprint density at radius 1 is 1.24 bits per heavy atom. The highest BCUT2D eigenvalue weighted by Gasteiger charge is 2.15.